The molecule has 1 aliphatic rings. The fourth-order valence-corrected chi connectivity index (χ4v) is 2.74. The predicted octanol–water partition coefficient (Wildman–Crippen LogP) is 3.82. The third-order valence-electron chi connectivity index (χ3n) is 3.51. The van der Waals surface area contributed by atoms with Gasteiger partial charge in [-0.25, -0.2) is 0 Å². The summed E-state index contributed by atoms with van der Waals surface area (Å²) in [5.74, 6) is 1.44. The van der Waals surface area contributed by atoms with Gasteiger partial charge in [0.1, 0.15) is 19.0 Å². The van der Waals surface area contributed by atoms with Crippen molar-refractivity contribution in [2.75, 3.05) is 37.5 Å². The summed E-state index contributed by atoms with van der Waals surface area (Å²) in [5.41, 5.74) is 1.08. The topological polar surface area (TPSA) is 68.8 Å². The quantitative estimate of drug-likeness (QED) is 0.822. The van der Waals surface area contributed by atoms with Crippen molar-refractivity contribution in [3.63, 3.8) is 0 Å². The average Bonchev–Trinajstić information content (AvgIpc) is 2.60. The molecule has 0 spiro atoms. The first-order chi connectivity index (χ1) is 12.1. The molecule has 2 aromatic rings. The highest BCUT2D eigenvalue weighted by Gasteiger charge is 2.16. The summed E-state index contributed by atoms with van der Waals surface area (Å²) < 4.78 is 16.2. The monoisotopic (exact) mass is 382 g/mol. The molecule has 132 valence electrons. The molecule has 1 amide bonds. The lowest BCUT2D eigenvalue weighted by molar-refractivity contribution is -0.114. The number of hydrogen-bond acceptors (Lipinski definition) is 5. The van der Waals surface area contributed by atoms with Crippen molar-refractivity contribution in [2.24, 2.45) is 0 Å². The maximum absolute atomic E-state index is 12.2. The standard InChI is InChI=1S/C17H16Cl2N2O4/c1-23-14-3-2-10(18)6-13(14)21-17(22)9-20-12-8-16-15(7-11(12)19)24-4-5-25-16/h2-3,6-8,20H,4-5,9H2,1H3,(H,21,22). The molecular weight excluding hydrogens is 367 g/mol. The first-order valence-corrected chi connectivity index (χ1v) is 8.29. The predicted molar refractivity (Wildman–Crippen MR) is 97.6 cm³/mol. The van der Waals surface area contributed by atoms with Crippen molar-refractivity contribution in [1.82, 2.24) is 0 Å². The van der Waals surface area contributed by atoms with Crippen molar-refractivity contribution >= 4 is 40.5 Å². The second kappa shape index (κ2) is 7.72. The summed E-state index contributed by atoms with van der Waals surface area (Å²) in [6.45, 7) is 0.970. The number of rotatable bonds is 5. The smallest absolute Gasteiger partial charge is 0.243 e. The summed E-state index contributed by atoms with van der Waals surface area (Å²) in [4.78, 5) is 12.2. The zero-order valence-corrected chi connectivity index (χ0v) is 14.9. The molecule has 2 N–H and O–H groups in total. The fourth-order valence-electron chi connectivity index (χ4n) is 2.35. The van der Waals surface area contributed by atoms with E-state index < -0.39 is 0 Å². The zero-order valence-electron chi connectivity index (χ0n) is 13.4. The number of fused-ring (bicyclic) bond motifs is 1. The molecule has 3 rings (SSSR count). The van der Waals surface area contributed by atoms with Gasteiger partial charge in [0.25, 0.3) is 0 Å². The lowest BCUT2D eigenvalue weighted by Gasteiger charge is -2.20. The molecule has 0 fully saturated rings. The average molecular weight is 383 g/mol. The van der Waals surface area contributed by atoms with Gasteiger partial charge < -0.3 is 24.8 Å². The number of anilines is 2. The number of benzene rings is 2. The number of methoxy groups -OCH3 is 1. The van der Waals surface area contributed by atoms with Crippen LogP contribution in [-0.4, -0.2) is 32.8 Å². The molecule has 8 heteroatoms. The lowest BCUT2D eigenvalue weighted by Crippen LogP contribution is -2.22. The van der Waals surface area contributed by atoms with Gasteiger partial charge in [0.05, 0.1) is 30.1 Å². The Balaban J connectivity index is 1.66. The lowest BCUT2D eigenvalue weighted by atomic mass is 10.2. The summed E-state index contributed by atoms with van der Waals surface area (Å²) in [7, 11) is 1.52. The van der Waals surface area contributed by atoms with Crippen LogP contribution in [0.2, 0.25) is 10.0 Å². The second-order valence-corrected chi connectivity index (χ2v) is 6.07. The van der Waals surface area contributed by atoms with Crippen molar-refractivity contribution < 1.29 is 19.0 Å². The first-order valence-electron chi connectivity index (χ1n) is 7.53. The van der Waals surface area contributed by atoms with Crippen LogP contribution in [0.15, 0.2) is 30.3 Å². The fraction of sp³-hybridized carbons (Fsp3) is 0.235. The molecular formula is C17H16Cl2N2O4. The van der Waals surface area contributed by atoms with Crippen molar-refractivity contribution in [3.8, 4) is 17.2 Å². The summed E-state index contributed by atoms with van der Waals surface area (Å²) in [6.07, 6.45) is 0. The molecule has 0 bridgehead atoms. The van der Waals surface area contributed by atoms with Gasteiger partial charge >= 0.3 is 0 Å². The van der Waals surface area contributed by atoms with E-state index in [-0.39, 0.29) is 12.5 Å². The molecule has 0 saturated heterocycles. The van der Waals surface area contributed by atoms with Gasteiger partial charge in [-0.15, -0.1) is 0 Å². The Morgan fingerprint density at radius 3 is 2.56 bits per heavy atom. The van der Waals surface area contributed by atoms with Crippen LogP contribution in [0.3, 0.4) is 0 Å². The van der Waals surface area contributed by atoms with Gasteiger partial charge in [0, 0.05) is 17.2 Å². The van der Waals surface area contributed by atoms with Gasteiger partial charge in [-0.05, 0) is 18.2 Å². The number of amides is 1. The molecule has 0 aromatic heterocycles. The largest absolute Gasteiger partial charge is 0.495 e. The Hall–Kier alpha value is -2.31. The SMILES string of the molecule is COc1ccc(Cl)cc1NC(=O)CNc1cc2c(cc1Cl)OCCO2. The third-order valence-corrected chi connectivity index (χ3v) is 4.05. The number of nitrogens with one attached hydrogen (secondary N) is 2. The van der Waals surface area contributed by atoms with Gasteiger partial charge in [0.2, 0.25) is 5.91 Å². The van der Waals surface area contributed by atoms with Crippen LogP contribution in [0.25, 0.3) is 0 Å². The van der Waals surface area contributed by atoms with E-state index in [1.807, 2.05) is 0 Å². The van der Waals surface area contributed by atoms with Crippen molar-refractivity contribution in [3.05, 3.63) is 40.4 Å². The Kier molecular flexibility index (Phi) is 5.40. The van der Waals surface area contributed by atoms with Gasteiger partial charge in [0.15, 0.2) is 11.5 Å². The van der Waals surface area contributed by atoms with Crippen LogP contribution < -0.4 is 24.8 Å². The normalized spacial score (nSPS) is 12.4. The minimum absolute atomic E-state index is 0.00896. The Morgan fingerprint density at radius 2 is 1.84 bits per heavy atom. The van der Waals surface area contributed by atoms with E-state index >= 15 is 0 Å². The second-order valence-electron chi connectivity index (χ2n) is 5.22. The number of ether oxygens (including phenoxy) is 3. The molecule has 0 saturated carbocycles. The Labute approximate surface area is 155 Å². The highest BCUT2D eigenvalue weighted by molar-refractivity contribution is 6.33. The van der Waals surface area contributed by atoms with Gasteiger partial charge in [-0.1, -0.05) is 23.2 Å². The highest BCUT2D eigenvalue weighted by atomic mass is 35.5. The minimum atomic E-state index is -0.272. The number of halogens is 2. The van der Waals surface area contributed by atoms with Crippen LogP contribution in [0, 0.1) is 0 Å². The maximum atomic E-state index is 12.2. The molecule has 0 atom stereocenters. The maximum Gasteiger partial charge on any atom is 0.243 e. The van der Waals surface area contributed by atoms with Crippen LogP contribution in [-0.2, 0) is 4.79 Å². The number of hydrogen-bond donors (Lipinski definition) is 2. The van der Waals surface area contributed by atoms with Crippen LogP contribution in [0.5, 0.6) is 17.2 Å². The van der Waals surface area contributed by atoms with E-state index in [2.05, 4.69) is 10.6 Å². The van der Waals surface area contributed by atoms with E-state index in [0.717, 1.165) is 0 Å². The molecule has 0 radical (unpaired) electrons. The molecule has 1 heterocycles. The summed E-state index contributed by atoms with van der Waals surface area (Å²) in [5, 5.41) is 6.67. The van der Waals surface area contributed by atoms with Gasteiger partial charge in [-0.3, -0.25) is 4.79 Å². The Bertz CT molecular complexity index is 798. The zero-order chi connectivity index (χ0) is 17.8. The molecule has 1 aliphatic heterocycles. The number of carbonyl (C=O) groups is 1. The van der Waals surface area contributed by atoms with Gasteiger partial charge in [-0.2, -0.15) is 0 Å². The van der Waals surface area contributed by atoms with E-state index in [0.29, 0.717) is 51.9 Å². The van der Waals surface area contributed by atoms with Crippen LogP contribution in [0.4, 0.5) is 11.4 Å². The molecule has 0 unspecified atom stereocenters. The van der Waals surface area contributed by atoms with E-state index in [1.165, 1.54) is 7.11 Å². The summed E-state index contributed by atoms with van der Waals surface area (Å²) in [6, 6.07) is 8.36. The molecule has 2 aromatic carbocycles. The van der Waals surface area contributed by atoms with E-state index in [9.17, 15) is 4.79 Å². The summed E-state index contributed by atoms with van der Waals surface area (Å²) >= 11 is 12.2. The number of carbonyl (C=O) groups excluding carboxylic acids is 1. The molecule has 6 nitrogen and oxygen atoms in total. The van der Waals surface area contributed by atoms with E-state index in [4.69, 9.17) is 37.4 Å². The van der Waals surface area contributed by atoms with Crippen molar-refractivity contribution in [2.45, 2.75) is 0 Å². The highest BCUT2D eigenvalue weighted by Crippen LogP contribution is 2.37. The first kappa shape index (κ1) is 17.5. The minimum Gasteiger partial charge on any atom is -0.495 e. The Morgan fingerprint density at radius 1 is 1.12 bits per heavy atom. The van der Waals surface area contributed by atoms with E-state index in [1.54, 1.807) is 30.3 Å². The van der Waals surface area contributed by atoms with Crippen LogP contribution in [0.1, 0.15) is 0 Å². The van der Waals surface area contributed by atoms with Crippen molar-refractivity contribution in [1.29, 1.82) is 0 Å². The molecule has 0 aliphatic carbocycles. The molecule has 25 heavy (non-hydrogen) atoms. The van der Waals surface area contributed by atoms with Crippen LogP contribution >= 0.6 is 23.2 Å². The third kappa shape index (κ3) is 4.21.